The number of aromatic nitrogens is 5. The first-order valence-corrected chi connectivity index (χ1v) is 9.30. The Labute approximate surface area is 171 Å². The number of halogens is 1. The summed E-state index contributed by atoms with van der Waals surface area (Å²) >= 11 is 0. The minimum Gasteiger partial charge on any atom is -0.310 e. The summed E-state index contributed by atoms with van der Waals surface area (Å²) in [5.74, 6) is -0.654. The molecule has 1 amide bonds. The molecule has 0 N–H and O–H groups in total. The number of hydrogen-bond donors (Lipinski definition) is 0. The Morgan fingerprint density at radius 2 is 1.83 bits per heavy atom. The van der Waals surface area contributed by atoms with Crippen LogP contribution < -0.4 is 4.90 Å². The number of aryl methyl sites for hydroxylation is 1. The van der Waals surface area contributed by atoms with E-state index in [9.17, 15) is 9.18 Å². The van der Waals surface area contributed by atoms with E-state index < -0.39 is 0 Å². The minimum atomic E-state index is -0.354. The molecule has 2 aromatic carbocycles. The summed E-state index contributed by atoms with van der Waals surface area (Å²) in [6.07, 6.45) is 6.81. The molecule has 5 aromatic rings. The van der Waals surface area contributed by atoms with E-state index in [-0.39, 0.29) is 17.4 Å². The van der Waals surface area contributed by atoms with Crippen LogP contribution in [-0.4, -0.2) is 37.1 Å². The van der Waals surface area contributed by atoms with Gasteiger partial charge >= 0.3 is 0 Å². The third-order valence-electron chi connectivity index (χ3n) is 5.18. The Hall–Kier alpha value is -4.07. The third-order valence-corrected chi connectivity index (χ3v) is 5.18. The average Bonchev–Trinajstić information content (AvgIpc) is 3.36. The van der Waals surface area contributed by atoms with Crippen LogP contribution >= 0.6 is 0 Å². The number of fused-ring (bicyclic) bond motifs is 2. The van der Waals surface area contributed by atoms with Gasteiger partial charge in [0.2, 0.25) is 0 Å². The van der Waals surface area contributed by atoms with Crippen LogP contribution in [0.1, 0.15) is 10.5 Å². The molecule has 148 valence electrons. The van der Waals surface area contributed by atoms with Crippen LogP contribution in [0, 0.1) is 5.82 Å². The second kappa shape index (κ2) is 6.77. The van der Waals surface area contributed by atoms with E-state index in [1.165, 1.54) is 17.0 Å². The number of benzene rings is 2. The van der Waals surface area contributed by atoms with Gasteiger partial charge in [0.25, 0.3) is 5.91 Å². The zero-order chi connectivity index (χ0) is 20.8. The predicted molar refractivity (Wildman–Crippen MR) is 112 cm³/mol. The molecule has 8 heteroatoms. The van der Waals surface area contributed by atoms with E-state index in [1.807, 2.05) is 40.5 Å². The first kappa shape index (κ1) is 18.0. The monoisotopic (exact) mass is 400 g/mol. The van der Waals surface area contributed by atoms with Gasteiger partial charge < -0.3 is 4.90 Å². The first-order chi connectivity index (χ1) is 14.5. The largest absolute Gasteiger partial charge is 0.310 e. The Bertz CT molecular complexity index is 1400. The number of carbonyl (C=O) groups is 1. The van der Waals surface area contributed by atoms with E-state index in [1.54, 1.807) is 37.8 Å². The molecule has 7 nitrogen and oxygen atoms in total. The molecule has 0 saturated heterocycles. The van der Waals surface area contributed by atoms with E-state index in [0.717, 1.165) is 22.2 Å². The summed E-state index contributed by atoms with van der Waals surface area (Å²) in [6.45, 7) is 0. The van der Waals surface area contributed by atoms with Gasteiger partial charge in [0, 0.05) is 36.9 Å². The molecule has 0 aliphatic carbocycles. The molecule has 0 bridgehead atoms. The van der Waals surface area contributed by atoms with Crippen molar-refractivity contribution in [2.75, 3.05) is 11.9 Å². The highest BCUT2D eigenvalue weighted by Crippen LogP contribution is 2.25. The van der Waals surface area contributed by atoms with E-state index in [0.29, 0.717) is 11.3 Å². The fourth-order valence-corrected chi connectivity index (χ4v) is 3.49. The molecule has 0 radical (unpaired) electrons. The van der Waals surface area contributed by atoms with Crippen molar-refractivity contribution < 1.29 is 9.18 Å². The van der Waals surface area contributed by atoms with Gasteiger partial charge in [-0.3, -0.25) is 13.9 Å². The second-order valence-corrected chi connectivity index (χ2v) is 7.03. The van der Waals surface area contributed by atoms with Crippen molar-refractivity contribution in [2.24, 2.45) is 7.05 Å². The third kappa shape index (κ3) is 2.89. The van der Waals surface area contributed by atoms with Crippen LogP contribution in [0.15, 0.2) is 67.3 Å². The quantitative estimate of drug-likeness (QED) is 0.463. The molecular weight excluding hydrogens is 383 g/mol. The lowest BCUT2D eigenvalue weighted by Crippen LogP contribution is -2.27. The first-order valence-electron chi connectivity index (χ1n) is 9.30. The topological polar surface area (TPSA) is 68.3 Å². The lowest BCUT2D eigenvalue weighted by Gasteiger charge is -2.17. The molecular formula is C22H17FN6O. The summed E-state index contributed by atoms with van der Waals surface area (Å²) in [5.41, 5.74) is 4.31. The summed E-state index contributed by atoms with van der Waals surface area (Å²) in [7, 11) is 3.53. The maximum atomic E-state index is 13.2. The van der Waals surface area contributed by atoms with Crippen LogP contribution in [0.5, 0.6) is 0 Å². The zero-order valence-corrected chi connectivity index (χ0v) is 16.3. The highest BCUT2D eigenvalue weighted by Gasteiger charge is 2.17. The van der Waals surface area contributed by atoms with Crippen LogP contribution in [0.25, 0.3) is 27.8 Å². The van der Waals surface area contributed by atoms with Crippen molar-refractivity contribution in [3.05, 3.63) is 78.8 Å². The van der Waals surface area contributed by atoms with E-state index >= 15 is 0 Å². The van der Waals surface area contributed by atoms with Crippen LogP contribution in [0.2, 0.25) is 0 Å². The molecule has 3 heterocycles. The molecule has 0 aliphatic heterocycles. The summed E-state index contributed by atoms with van der Waals surface area (Å²) < 4.78 is 16.8. The molecule has 0 saturated carbocycles. The number of nitrogens with zero attached hydrogens (tertiary/aromatic N) is 6. The Balaban J connectivity index is 1.55. The Morgan fingerprint density at radius 3 is 2.63 bits per heavy atom. The van der Waals surface area contributed by atoms with Crippen molar-refractivity contribution in [3.8, 4) is 11.3 Å². The van der Waals surface area contributed by atoms with Crippen molar-refractivity contribution in [2.45, 2.75) is 0 Å². The number of rotatable bonds is 3. The van der Waals surface area contributed by atoms with Gasteiger partial charge in [0.15, 0.2) is 5.65 Å². The van der Waals surface area contributed by atoms with Crippen LogP contribution in [0.3, 0.4) is 0 Å². The highest BCUT2D eigenvalue weighted by molar-refractivity contribution is 6.04. The molecule has 0 fully saturated rings. The van der Waals surface area contributed by atoms with Crippen molar-refractivity contribution in [1.29, 1.82) is 0 Å². The molecule has 0 atom stereocenters. The highest BCUT2D eigenvalue weighted by atomic mass is 19.1. The predicted octanol–water partition coefficient (Wildman–Crippen LogP) is 3.70. The minimum absolute atomic E-state index is 0.260. The summed E-state index contributed by atoms with van der Waals surface area (Å²) in [6, 6.07) is 11.8. The normalized spacial score (nSPS) is 11.3. The van der Waals surface area contributed by atoms with E-state index in [4.69, 9.17) is 0 Å². The van der Waals surface area contributed by atoms with Crippen molar-refractivity contribution in [3.63, 3.8) is 0 Å². The number of anilines is 1. The van der Waals surface area contributed by atoms with Gasteiger partial charge in [0.05, 0.1) is 29.8 Å². The van der Waals surface area contributed by atoms with Gasteiger partial charge in [-0.25, -0.2) is 14.4 Å². The number of imidazole rings is 1. The summed E-state index contributed by atoms with van der Waals surface area (Å²) in [5, 5.41) is 5.30. The van der Waals surface area contributed by atoms with Gasteiger partial charge in [0.1, 0.15) is 11.5 Å². The maximum Gasteiger partial charge on any atom is 0.278 e. The van der Waals surface area contributed by atoms with Crippen molar-refractivity contribution in [1.82, 2.24) is 24.1 Å². The smallest absolute Gasteiger partial charge is 0.278 e. The molecule has 0 unspecified atom stereocenters. The van der Waals surface area contributed by atoms with Gasteiger partial charge in [-0.15, -0.1) is 0 Å². The standard InChI is InChI=1S/C22H17FN6O/c1-27(17-6-4-16(23)5-7-17)22(30)18-13-29-20(11-25-21(29)12-24-18)14-3-8-19-15(9-14)10-26-28(19)2/h3-13H,1-2H3. The Kier molecular flexibility index (Phi) is 4.06. The van der Waals surface area contributed by atoms with Gasteiger partial charge in [-0.05, 0) is 36.4 Å². The average molecular weight is 400 g/mol. The van der Waals surface area contributed by atoms with Crippen LogP contribution in [-0.2, 0) is 7.05 Å². The van der Waals surface area contributed by atoms with E-state index in [2.05, 4.69) is 15.1 Å². The lowest BCUT2D eigenvalue weighted by molar-refractivity contribution is 0.0988. The van der Waals surface area contributed by atoms with Crippen molar-refractivity contribution >= 4 is 28.1 Å². The fourth-order valence-electron chi connectivity index (χ4n) is 3.49. The number of carbonyl (C=O) groups excluding carboxylic acids is 1. The second-order valence-electron chi connectivity index (χ2n) is 7.03. The zero-order valence-electron chi connectivity index (χ0n) is 16.3. The fraction of sp³-hybridized carbons (Fsp3) is 0.0909. The molecule has 5 rings (SSSR count). The lowest BCUT2D eigenvalue weighted by atomic mass is 10.1. The van der Waals surface area contributed by atoms with Gasteiger partial charge in [-0.1, -0.05) is 6.07 Å². The number of hydrogen-bond acceptors (Lipinski definition) is 4. The Morgan fingerprint density at radius 1 is 1.03 bits per heavy atom. The van der Waals surface area contributed by atoms with Crippen LogP contribution in [0.4, 0.5) is 10.1 Å². The molecule has 0 aliphatic rings. The molecule has 3 aromatic heterocycles. The summed E-state index contributed by atoms with van der Waals surface area (Å²) in [4.78, 5) is 23.1. The SMILES string of the molecule is CN(C(=O)c1cn2c(-c3ccc4c(cnn4C)c3)cnc2cn1)c1ccc(F)cc1. The molecule has 0 spiro atoms. The number of amides is 1. The maximum absolute atomic E-state index is 13.2. The van der Waals surface area contributed by atoms with Gasteiger partial charge in [-0.2, -0.15) is 5.10 Å². The molecule has 30 heavy (non-hydrogen) atoms.